The first kappa shape index (κ1) is 28.0. The van der Waals surface area contributed by atoms with E-state index in [1.54, 1.807) is 19.1 Å². The lowest BCUT2D eigenvalue weighted by atomic mass is 10.1. The standard InChI is InChI=1S/C27H40N6O4/c1-5-7-14-33(27(35)28-13-6-2)20-26(34)32-16-8-15-31(17-18-32)25-12-10-22(29-30-25)21-9-11-23(36-3)24(19-21)37-4/h9-12,19H,5-8,13-18,20H2,1-4H3,(H,28,35). The van der Waals surface area contributed by atoms with Gasteiger partial charge in [0.15, 0.2) is 17.3 Å². The molecule has 0 atom stereocenters. The zero-order chi connectivity index (χ0) is 26.6. The summed E-state index contributed by atoms with van der Waals surface area (Å²) in [4.78, 5) is 31.3. The molecular weight excluding hydrogens is 472 g/mol. The van der Waals surface area contributed by atoms with Gasteiger partial charge >= 0.3 is 6.03 Å². The number of carbonyl (C=O) groups excluding carboxylic acids is 2. The monoisotopic (exact) mass is 512 g/mol. The molecule has 202 valence electrons. The summed E-state index contributed by atoms with van der Waals surface area (Å²) in [6.07, 6.45) is 3.53. The van der Waals surface area contributed by atoms with Crippen LogP contribution >= 0.6 is 0 Å². The van der Waals surface area contributed by atoms with Crippen LogP contribution in [0.15, 0.2) is 30.3 Å². The minimum atomic E-state index is -0.162. The van der Waals surface area contributed by atoms with Gasteiger partial charge in [0.25, 0.3) is 0 Å². The molecule has 0 radical (unpaired) electrons. The molecule has 0 unspecified atom stereocenters. The van der Waals surface area contributed by atoms with Crippen molar-refractivity contribution in [1.29, 1.82) is 0 Å². The second kappa shape index (κ2) is 14.2. The van der Waals surface area contributed by atoms with Crippen LogP contribution < -0.4 is 19.7 Å². The van der Waals surface area contributed by atoms with Gasteiger partial charge in [-0.2, -0.15) is 0 Å². The van der Waals surface area contributed by atoms with E-state index in [-0.39, 0.29) is 18.5 Å². The normalized spacial score (nSPS) is 13.6. The topological polar surface area (TPSA) is 100 Å². The van der Waals surface area contributed by atoms with Gasteiger partial charge < -0.3 is 29.5 Å². The summed E-state index contributed by atoms with van der Waals surface area (Å²) >= 11 is 0. The van der Waals surface area contributed by atoms with Crippen LogP contribution in [0.5, 0.6) is 11.5 Å². The highest BCUT2D eigenvalue weighted by atomic mass is 16.5. The van der Waals surface area contributed by atoms with Crippen LogP contribution in [-0.4, -0.2) is 92.0 Å². The largest absolute Gasteiger partial charge is 0.493 e. The number of ether oxygens (including phenoxy) is 2. The predicted molar refractivity (Wildman–Crippen MR) is 144 cm³/mol. The Labute approximate surface area is 219 Å². The fraction of sp³-hybridized carbons (Fsp3) is 0.556. The van der Waals surface area contributed by atoms with Gasteiger partial charge in [-0.3, -0.25) is 4.79 Å². The molecule has 1 aliphatic rings. The number of nitrogens with one attached hydrogen (secondary N) is 1. The molecule has 0 spiro atoms. The lowest BCUT2D eigenvalue weighted by Crippen LogP contribution is -2.48. The third-order valence-corrected chi connectivity index (χ3v) is 6.42. The average molecular weight is 513 g/mol. The van der Waals surface area contributed by atoms with Crippen LogP contribution in [0.25, 0.3) is 11.3 Å². The molecule has 37 heavy (non-hydrogen) atoms. The highest BCUT2D eigenvalue weighted by Crippen LogP contribution is 2.31. The van der Waals surface area contributed by atoms with Gasteiger partial charge in [0.1, 0.15) is 6.54 Å². The van der Waals surface area contributed by atoms with Crippen molar-refractivity contribution in [3.63, 3.8) is 0 Å². The molecule has 2 aromatic rings. The van der Waals surface area contributed by atoms with Crippen LogP contribution in [0.3, 0.4) is 0 Å². The molecular formula is C27H40N6O4. The van der Waals surface area contributed by atoms with Crippen LogP contribution in [0, 0.1) is 0 Å². The number of carbonyl (C=O) groups is 2. The summed E-state index contributed by atoms with van der Waals surface area (Å²) in [5.74, 6) is 2.07. The maximum absolute atomic E-state index is 13.1. The number of nitrogens with zero attached hydrogens (tertiary/aromatic N) is 5. The molecule has 0 bridgehead atoms. The first-order valence-electron chi connectivity index (χ1n) is 13.1. The molecule has 1 fully saturated rings. The number of hydrogen-bond acceptors (Lipinski definition) is 7. The van der Waals surface area contributed by atoms with E-state index in [0.29, 0.717) is 44.2 Å². The number of urea groups is 1. The first-order valence-corrected chi connectivity index (χ1v) is 13.1. The minimum absolute atomic E-state index is 0.0144. The number of anilines is 1. The Bertz CT molecular complexity index is 1020. The van der Waals surface area contributed by atoms with Gasteiger partial charge in [-0.1, -0.05) is 20.3 Å². The summed E-state index contributed by atoms with van der Waals surface area (Å²) < 4.78 is 10.7. The molecule has 0 saturated carbocycles. The summed E-state index contributed by atoms with van der Waals surface area (Å²) in [6.45, 7) is 8.07. The summed E-state index contributed by atoms with van der Waals surface area (Å²) in [5, 5.41) is 11.8. The van der Waals surface area contributed by atoms with Crippen molar-refractivity contribution in [3.05, 3.63) is 30.3 Å². The van der Waals surface area contributed by atoms with Crippen molar-refractivity contribution >= 4 is 17.8 Å². The number of rotatable bonds is 11. The van der Waals surface area contributed by atoms with Crippen molar-refractivity contribution < 1.29 is 19.1 Å². The van der Waals surface area contributed by atoms with Gasteiger partial charge in [-0.15, -0.1) is 10.2 Å². The van der Waals surface area contributed by atoms with E-state index in [1.807, 2.05) is 42.2 Å². The summed E-state index contributed by atoms with van der Waals surface area (Å²) in [7, 11) is 3.21. The number of unbranched alkanes of at least 4 members (excludes halogenated alkanes) is 1. The number of aromatic nitrogens is 2. The van der Waals surface area contributed by atoms with Crippen LogP contribution in [0.4, 0.5) is 10.6 Å². The average Bonchev–Trinajstić information content (AvgIpc) is 3.20. The number of benzene rings is 1. The maximum Gasteiger partial charge on any atom is 0.317 e. The van der Waals surface area contributed by atoms with E-state index in [9.17, 15) is 9.59 Å². The molecule has 3 rings (SSSR count). The van der Waals surface area contributed by atoms with Crippen molar-refractivity contribution in [1.82, 2.24) is 25.3 Å². The quantitative estimate of drug-likeness (QED) is 0.492. The van der Waals surface area contributed by atoms with E-state index in [2.05, 4.69) is 27.3 Å². The minimum Gasteiger partial charge on any atom is -0.493 e. The fourth-order valence-electron chi connectivity index (χ4n) is 4.25. The Hall–Kier alpha value is -3.56. The lowest BCUT2D eigenvalue weighted by molar-refractivity contribution is -0.131. The zero-order valence-corrected chi connectivity index (χ0v) is 22.5. The third kappa shape index (κ3) is 7.71. The molecule has 2 heterocycles. The van der Waals surface area contributed by atoms with Crippen LogP contribution in [0.2, 0.25) is 0 Å². The highest BCUT2D eigenvalue weighted by molar-refractivity contribution is 5.84. The molecule has 0 aliphatic carbocycles. The maximum atomic E-state index is 13.1. The molecule has 10 nitrogen and oxygen atoms in total. The van der Waals surface area contributed by atoms with Crippen LogP contribution in [0.1, 0.15) is 39.5 Å². The Morgan fingerprint density at radius 3 is 2.46 bits per heavy atom. The molecule has 10 heteroatoms. The predicted octanol–water partition coefficient (Wildman–Crippen LogP) is 3.42. The SMILES string of the molecule is CCCCN(CC(=O)N1CCCN(c2ccc(-c3ccc(OC)c(OC)c3)nn2)CC1)C(=O)NCCC. The molecule has 1 aromatic carbocycles. The number of methoxy groups -OCH3 is 2. The number of hydrogen-bond donors (Lipinski definition) is 1. The molecule has 1 aromatic heterocycles. The van der Waals surface area contributed by atoms with Gasteiger partial charge in [-0.05, 0) is 49.6 Å². The fourth-order valence-corrected chi connectivity index (χ4v) is 4.25. The molecule has 1 aliphatic heterocycles. The smallest absolute Gasteiger partial charge is 0.317 e. The van der Waals surface area contributed by atoms with Gasteiger partial charge in [0, 0.05) is 44.8 Å². The van der Waals surface area contributed by atoms with Crippen molar-refractivity contribution in [2.24, 2.45) is 0 Å². The highest BCUT2D eigenvalue weighted by Gasteiger charge is 2.24. The van der Waals surface area contributed by atoms with Crippen molar-refractivity contribution in [2.45, 2.75) is 39.5 Å². The Balaban J connectivity index is 1.60. The van der Waals surface area contributed by atoms with Gasteiger partial charge in [-0.25, -0.2) is 4.79 Å². The van der Waals surface area contributed by atoms with E-state index in [0.717, 1.165) is 49.3 Å². The summed E-state index contributed by atoms with van der Waals surface area (Å²) in [6, 6.07) is 9.39. The number of amides is 3. The van der Waals surface area contributed by atoms with E-state index in [4.69, 9.17) is 9.47 Å². The lowest BCUT2D eigenvalue weighted by Gasteiger charge is -2.27. The van der Waals surface area contributed by atoms with E-state index < -0.39 is 0 Å². The van der Waals surface area contributed by atoms with Crippen molar-refractivity contribution in [2.75, 3.05) is 64.9 Å². The van der Waals surface area contributed by atoms with E-state index in [1.165, 1.54) is 0 Å². The Kier molecular flexibility index (Phi) is 10.8. The Morgan fingerprint density at radius 1 is 0.973 bits per heavy atom. The second-order valence-corrected chi connectivity index (χ2v) is 9.07. The van der Waals surface area contributed by atoms with E-state index >= 15 is 0 Å². The van der Waals surface area contributed by atoms with Gasteiger partial charge in [0.2, 0.25) is 5.91 Å². The molecule has 1 N–H and O–H groups in total. The Morgan fingerprint density at radius 2 is 1.78 bits per heavy atom. The second-order valence-electron chi connectivity index (χ2n) is 9.07. The van der Waals surface area contributed by atoms with Gasteiger partial charge in [0.05, 0.1) is 19.9 Å². The molecule has 3 amide bonds. The van der Waals surface area contributed by atoms with Crippen molar-refractivity contribution in [3.8, 4) is 22.8 Å². The zero-order valence-electron chi connectivity index (χ0n) is 22.5. The first-order chi connectivity index (χ1) is 18.0. The third-order valence-electron chi connectivity index (χ3n) is 6.42. The van der Waals surface area contributed by atoms with Crippen LogP contribution in [-0.2, 0) is 4.79 Å². The summed E-state index contributed by atoms with van der Waals surface area (Å²) in [5.41, 5.74) is 1.63. The molecule has 1 saturated heterocycles.